The van der Waals surface area contributed by atoms with Gasteiger partial charge in [0.15, 0.2) is 0 Å². The molecule has 0 spiro atoms. The van der Waals surface area contributed by atoms with Crippen molar-refractivity contribution in [2.75, 3.05) is 18.0 Å². The largest absolute Gasteiger partial charge is 0.371 e. The number of hydrogen-bond acceptors (Lipinski definition) is 2. The van der Waals surface area contributed by atoms with E-state index in [9.17, 15) is 0 Å². The molecule has 0 aromatic carbocycles. The van der Waals surface area contributed by atoms with Crippen molar-refractivity contribution >= 4 is 17.0 Å². The Balaban J connectivity index is 2.13. The van der Waals surface area contributed by atoms with Crippen LogP contribution in [-0.2, 0) is 0 Å². The molecule has 0 aliphatic carbocycles. The lowest BCUT2D eigenvalue weighted by molar-refractivity contribution is 0.577. The van der Waals surface area contributed by atoms with Gasteiger partial charge >= 0.3 is 0 Å². The minimum atomic E-state index is 1.26. The maximum absolute atomic E-state index is 2.52. The predicted octanol–water partition coefficient (Wildman–Crippen LogP) is 3.05. The third-order valence-electron chi connectivity index (χ3n) is 2.53. The topological polar surface area (TPSA) is 3.24 Å². The lowest BCUT2D eigenvalue weighted by atomic mass is 10.1. The second-order valence-electron chi connectivity index (χ2n) is 3.41. The molecule has 1 nitrogen and oxygen atoms in total. The fourth-order valence-corrected chi connectivity index (χ4v) is 2.56. The number of rotatable bonds is 1. The Hall–Kier alpha value is -0.500. The van der Waals surface area contributed by atoms with Gasteiger partial charge in [0, 0.05) is 18.0 Å². The Morgan fingerprint density at radius 1 is 1.25 bits per heavy atom. The molecule has 2 heterocycles. The Kier molecular flexibility index (Phi) is 2.35. The van der Waals surface area contributed by atoms with Crippen molar-refractivity contribution in [3.8, 4) is 0 Å². The quantitative estimate of drug-likeness (QED) is 0.643. The van der Waals surface area contributed by atoms with E-state index in [1.54, 1.807) is 0 Å². The van der Waals surface area contributed by atoms with Gasteiger partial charge in [-0.15, -0.1) is 11.3 Å². The molecule has 0 unspecified atom stereocenters. The number of hydrogen-bond donors (Lipinski definition) is 0. The number of anilines is 1. The molecule has 12 heavy (non-hydrogen) atoms. The summed E-state index contributed by atoms with van der Waals surface area (Å²) >= 11 is 1.86. The van der Waals surface area contributed by atoms with Crippen LogP contribution in [0.2, 0.25) is 0 Å². The number of aryl methyl sites for hydroxylation is 1. The summed E-state index contributed by atoms with van der Waals surface area (Å²) in [4.78, 5) is 3.99. The highest BCUT2D eigenvalue weighted by atomic mass is 32.1. The summed E-state index contributed by atoms with van der Waals surface area (Å²) in [6, 6.07) is 2.26. The molecule has 1 saturated heterocycles. The van der Waals surface area contributed by atoms with Gasteiger partial charge in [0.1, 0.15) is 0 Å². The minimum Gasteiger partial charge on any atom is -0.371 e. The molecule has 0 bridgehead atoms. The van der Waals surface area contributed by atoms with Gasteiger partial charge in [0.2, 0.25) is 0 Å². The maximum Gasteiger partial charge on any atom is 0.0504 e. The van der Waals surface area contributed by atoms with Crippen LogP contribution in [0.4, 0.5) is 5.69 Å². The second-order valence-corrected chi connectivity index (χ2v) is 4.53. The molecule has 1 aliphatic rings. The SMILES string of the molecule is Cc1sccc1N1CCCCC1. The highest BCUT2D eigenvalue weighted by molar-refractivity contribution is 7.10. The fourth-order valence-electron chi connectivity index (χ4n) is 1.84. The van der Waals surface area contributed by atoms with Gasteiger partial charge < -0.3 is 4.90 Å². The van der Waals surface area contributed by atoms with Gasteiger partial charge in [-0.3, -0.25) is 0 Å². The summed E-state index contributed by atoms with van der Waals surface area (Å²) in [5, 5.41) is 2.19. The van der Waals surface area contributed by atoms with Gasteiger partial charge in [-0.05, 0) is 37.6 Å². The third-order valence-corrected chi connectivity index (χ3v) is 3.36. The van der Waals surface area contributed by atoms with Gasteiger partial charge in [-0.1, -0.05) is 0 Å². The van der Waals surface area contributed by atoms with Crippen molar-refractivity contribution in [2.45, 2.75) is 26.2 Å². The average Bonchev–Trinajstić information content (AvgIpc) is 2.53. The van der Waals surface area contributed by atoms with E-state index in [1.807, 2.05) is 11.3 Å². The molecule has 1 aromatic rings. The molecule has 2 heteroatoms. The fraction of sp³-hybridized carbons (Fsp3) is 0.600. The zero-order chi connectivity index (χ0) is 8.39. The first-order chi connectivity index (χ1) is 5.88. The van der Waals surface area contributed by atoms with Crippen molar-refractivity contribution in [1.29, 1.82) is 0 Å². The van der Waals surface area contributed by atoms with Crippen molar-refractivity contribution < 1.29 is 0 Å². The highest BCUT2D eigenvalue weighted by Crippen LogP contribution is 2.27. The minimum absolute atomic E-state index is 1.26. The van der Waals surface area contributed by atoms with E-state index in [1.165, 1.54) is 42.9 Å². The van der Waals surface area contributed by atoms with Crippen LogP contribution in [0.1, 0.15) is 24.1 Å². The van der Waals surface area contributed by atoms with E-state index in [0.29, 0.717) is 0 Å². The lowest BCUT2D eigenvalue weighted by Gasteiger charge is -2.28. The van der Waals surface area contributed by atoms with E-state index >= 15 is 0 Å². The zero-order valence-corrected chi connectivity index (χ0v) is 8.36. The van der Waals surface area contributed by atoms with Crippen LogP contribution < -0.4 is 4.90 Å². The molecular weight excluding hydrogens is 166 g/mol. The van der Waals surface area contributed by atoms with Crippen LogP contribution >= 0.6 is 11.3 Å². The molecule has 0 amide bonds. The lowest BCUT2D eigenvalue weighted by Crippen LogP contribution is -2.29. The Morgan fingerprint density at radius 2 is 2.00 bits per heavy atom. The molecular formula is C10H15NS. The average molecular weight is 181 g/mol. The summed E-state index contributed by atoms with van der Waals surface area (Å²) in [7, 11) is 0. The Bertz CT molecular complexity index is 248. The summed E-state index contributed by atoms with van der Waals surface area (Å²) in [5.41, 5.74) is 1.47. The zero-order valence-electron chi connectivity index (χ0n) is 7.55. The van der Waals surface area contributed by atoms with Gasteiger partial charge in [-0.2, -0.15) is 0 Å². The summed E-state index contributed by atoms with van der Waals surface area (Å²) in [6.07, 6.45) is 4.16. The van der Waals surface area contributed by atoms with Crippen molar-refractivity contribution in [1.82, 2.24) is 0 Å². The first kappa shape index (κ1) is 8.11. The third kappa shape index (κ3) is 1.48. The normalized spacial score (nSPS) is 18.2. The molecule has 0 radical (unpaired) electrons. The van der Waals surface area contributed by atoms with Gasteiger partial charge in [0.05, 0.1) is 5.69 Å². The van der Waals surface area contributed by atoms with Crippen LogP contribution in [0.25, 0.3) is 0 Å². The predicted molar refractivity (Wildman–Crippen MR) is 55.1 cm³/mol. The molecule has 66 valence electrons. The maximum atomic E-state index is 2.52. The van der Waals surface area contributed by atoms with Crippen LogP contribution in [0.15, 0.2) is 11.4 Å². The molecule has 2 rings (SSSR count). The summed E-state index contributed by atoms with van der Waals surface area (Å²) in [6.45, 7) is 4.74. The van der Waals surface area contributed by atoms with E-state index in [0.717, 1.165) is 0 Å². The van der Waals surface area contributed by atoms with Crippen molar-refractivity contribution in [3.63, 3.8) is 0 Å². The standard InChI is InChI=1S/C10H15NS/c1-9-10(5-8-12-9)11-6-3-2-4-7-11/h5,8H,2-4,6-7H2,1H3. The van der Waals surface area contributed by atoms with Crippen molar-refractivity contribution in [2.24, 2.45) is 0 Å². The van der Waals surface area contributed by atoms with E-state index in [4.69, 9.17) is 0 Å². The molecule has 0 saturated carbocycles. The summed E-state index contributed by atoms with van der Waals surface area (Å²) < 4.78 is 0. The van der Waals surface area contributed by atoms with E-state index in [-0.39, 0.29) is 0 Å². The first-order valence-electron chi connectivity index (χ1n) is 4.67. The number of piperidine rings is 1. The summed E-state index contributed by atoms with van der Waals surface area (Å²) in [5.74, 6) is 0. The van der Waals surface area contributed by atoms with E-state index < -0.39 is 0 Å². The molecule has 1 aromatic heterocycles. The van der Waals surface area contributed by atoms with Crippen LogP contribution in [-0.4, -0.2) is 13.1 Å². The Labute approximate surface area is 78.0 Å². The van der Waals surface area contributed by atoms with E-state index in [2.05, 4.69) is 23.3 Å². The molecule has 1 aliphatic heterocycles. The smallest absolute Gasteiger partial charge is 0.0504 e. The highest BCUT2D eigenvalue weighted by Gasteiger charge is 2.12. The Morgan fingerprint density at radius 3 is 2.58 bits per heavy atom. The number of nitrogens with zero attached hydrogens (tertiary/aromatic N) is 1. The molecule has 1 fully saturated rings. The second kappa shape index (κ2) is 3.48. The number of thiophene rings is 1. The molecule has 0 N–H and O–H groups in total. The van der Waals surface area contributed by atoms with Crippen LogP contribution in [0, 0.1) is 6.92 Å². The van der Waals surface area contributed by atoms with Crippen LogP contribution in [0.3, 0.4) is 0 Å². The van der Waals surface area contributed by atoms with Gasteiger partial charge in [0.25, 0.3) is 0 Å². The monoisotopic (exact) mass is 181 g/mol. The van der Waals surface area contributed by atoms with Crippen molar-refractivity contribution in [3.05, 3.63) is 16.3 Å². The van der Waals surface area contributed by atoms with Crippen LogP contribution in [0.5, 0.6) is 0 Å². The molecule has 0 atom stereocenters. The first-order valence-corrected chi connectivity index (χ1v) is 5.55. The van der Waals surface area contributed by atoms with Gasteiger partial charge in [-0.25, -0.2) is 0 Å².